The molecule has 0 atom stereocenters. The molecule has 1 N–H and O–H groups in total. The summed E-state index contributed by atoms with van der Waals surface area (Å²) in [7, 11) is 4.07. The van der Waals surface area contributed by atoms with Crippen LogP contribution in [0.5, 0.6) is 0 Å². The Labute approximate surface area is 128 Å². The van der Waals surface area contributed by atoms with E-state index in [2.05, 4.69) is 28.1 Å². The Hall–Kier alpha value is -1.65. The number of hydrogen-bond acceptors (Lipinski definition) is 4. The molecule has 3 rings (SSSR count). The molecular weight excluding hydrogens is 290 g/mol. The topological polar surface area (TPSA) is 40.0 Å². The van der Waals surface area contributed by atoms with Crippen LogP contribution >= 0.6 is 11.3 Å². The Morgan fingerprint density at radius 1 is 1.15 bits per heavy atom. The number of rotatable bonds is 1. The average molecular weight is 305 g/mol. The molecule has 0 saturated carbocycles. The lowest BCUT2D eigenvalue weighted by Crippen LogP contribution is -3.00. The highest BCUT2D eigenvalue weighted by Gasteiger charge is 2.09. The van der Waals surface area contributed by atoms with Crippen molar-refractivity contribution < 1.29 is 12.4 Å². The van der Waals surface area contributed by atoms with E-state index < -0.39 is 0 Å². The van der Waals surface area contributed by atoms with Crippen molar-refractivity contribution in [2.45, 2.75) is 6.92 Å². The van der Waals surface area contributed by atoms with Crippen molar-refractivity contribution in [2.75, 3.05) is 19.0 Å². The maximum Gasteiger partial charge on any atom is 0.0813 e. The van der Waals surface area contributed by atoms with Crippen molar-refractivity contribution in [1.29, 1.82) is 5.41 Å². The van der Waals surface area contributed by atoms with Crippen molar-refractivity contribution in [3.05, 3.63) is 41.3 Å². The van der Waals surface area contributed by atoms with Gasteiger partial charge in [-0.1, -0.05) is 0 Å². The van der Waals surface area contributed by atoms with Gasteiger partial charge in [0.1, 0.15) is 0 Å². The van der Waals surface area contributed by atoms with Gasteiger partial charge in [0.05, 0.1) is 26.1 Å². The highest BCUT2D eigenvalue weighted by Crippen LogP contribution is 2.31. The summed E-state index contributed by atoms with van der Waals surface area (Å²) in [5.74, 6) is 0. The lowest BCUT2D eigenvalue weighted by atomic mass is 10.1. The Morgan fingerprint density at radius 2 is 1.90 bits per heavy atom. The van der Waals surface area contributed by atoms with Crippen LogP contribution in [0.4, 0.5) is 5.69 Å². The van der Waals surface area contributed by atoms with Gasteiger partial charge < -0.3 is 22.7 Å². The normalized spacial score (nSPS) is 10.6. The molecule has 1 aromatic rings. The number of anilines is 1. The van der Waals surface area contributed by atoms with Gasteiger partial charge in [-0.3, -0.25) is 0 Å². The minimum absolute atomic E-state index is 0. The lowest BCUT2D eigenvalue weighted by Gasteiger charge is -2.13. The smallest absolute Gasteiger partial charge is 0.0813 e. The van der Waals surface area contributed by atoms with Gasteiger partial charge in [-0.15, -0.1) is 11.3 Å². The van der Waals surface area contributed by atoms with Gasteiger partial charge in [0.15, 0.2) is 0 Å². The van der Waals surface area contributed by atoms with E-state index in [0.29, 0.717) is 5.36 Å². The highest BCUT2D eigenvalue weighted by atomic mass is 35.5. The number of nitrogens with zero attached hydrogens (tertiary/aromatic N) is 2. The largest absolute Gasteiger partial charge is 1.00 e. The van der Waals surface area contributed by atoms with E-state index in [4.69, 9.17) is 5.41 Å². The van der Waals surface area contributed by atoms with Gasteiger partial charge in [0.25, 0.3) is 0 Å². The van der Waals surface area contributed by atoms with E-state index in [-0.39, 0.29) is 12.4 Å². The fourth-order valence-electron chi connectivity index (χ4n) is 2.05. The van der Waals surface area contributed by atoms with E-state index in [1.54, 1.807) is 11.3 Å². The maximum atomic E-state index is 7.89. The summed E-state index contributed by atoms with van der Waals surface area (Å²) < 4.78 is 1.15. The van der Waals surface area contributed by atoms with Crippen LogP contribution in [0, 0.1) is 12.3 Å². The van der Waals surface area contributed by atoms with Gasteiger partial charge >= 0.3 is 0 Å². The van der Waals surface area contributed by atoms with Gasteiger partial charge in [-0.25, -0.2) is 4.98 Å². The van der Waals surface area contributed by atoms with Crippen molar-refractivity contribution in [3.63, 3.8) is 0 Å². The third-order valence-corrected chi connectivity index (χ3v) is 4.32. The van der Waals surface area contributed by atoms with Crippen LogP contribution in [0.3, 0.4) is 0 Å². The highest BCUT2D eigenvalue weighted by molar-refractivity contribution is 7.21. The van der Waals surface area contributed by atoms with Crippen LogP contribution in [0.25, 0.3) is 20.8 Å². The van der Waals surface area contributed by atoms with Gasteiger partial charge in [0, 0.05) is 19.8 Å². The van der Waals surface area contributed by atoms with Crippen LogP contribution < -0.4 is 22.7 Å². The van der Waals surface area contributed by atoms with Crippen LogP contribution in [-0.4, -0.2) is 19.1 Å². The molecule has 1 aliphatic carbocycles. The Balaban J connectivity index is 0.00000147. The number of benzene rings is 2. The molecule has 0 bridgehead atoms. The van der Waals surface area contributed by atoms with Gasteiger partial charge in [0.2, 0.25) is 0 Å². The molecule has 0 unspecified atom stereocenters. The van der Waals surface area contributed by atoms with Crippen molar-refractivity contribution in [3.8, 4) is 10.6 Å². The molecule has 2 aliphatic rings. The Morgan fingerprint density at radius 3 is 2.60 bits per heavy atom. The van der Waals surface area contributed by atoms with Crippen LogP contribution in [0.1, 0.15) is 5.56 Å². The first-order chi connectivity index (χ1) is 9.04. The zero-order valence-electron chi connectivity index (χ0n) is 11.6. The van der Waals surface area contributed by atoms with Crippen molar-refractivity contribution >= 4 is 27.2 Å². The molecule has 1 aliphatic heterocycles. The minimum atomic E-state index is 0. The van der Waals surface area contributed by atoms with Crippen LogP contribution in [0.15, 0.2) is 30.3 Å². The number of fused-ring (bicyclic) bond motifs is 2. The molecule has 0 aromatic heterocycles. The maximum absolute atomic E-state index is 7.89. The monoisotopic (exact) mass is 304 g/mol. The molecule has 104 valence electrons. The second kappa shape index (κ2) is 5.38. The first kappa shape index (κ1) is 14.8. The van der Waals surface area contributed by atoms with E-state index >= 15 is 0 Å². The van der Waals surface area contributed by atoms with Crippen molar-refractivity contribution in [1.82, 2.24) is 4.98 Å². The predicted octanol–water partition coefficient (Wildman–Crippen LogP) is 0.259. The zero-order chi connectivity index (χ0) is 13.6. The number of hydrogen-bond donors (Lipinski definition) is 1. The zero-order valence-corrected chi connectivity index (χ0v) is 13.1. The molecule has 0 radical (unpaired) electrons. The van der Waals surface area contributed by atoms with Crippen LogP contribution in [-0.2, 0) is 0 Å². The molecule has 1 heterocycles. The van der Waals surface area contributed by atoms with Gasteiger partial charge in [-0.2, -0.15) is 0 Å². The summed E-state index contributed by atoms with van der Waals surface area (Å²) in [6.45, 7) is 1.95. The quantitative estimate of drug-likeness (QED) is 0.655. The fraction of sp³-hybridized carbons (Fsp3) is 0.200. The van der Waals surface area contributed by atoms with Gasteiger partial charge in [-0.05, 0) is 42.8 Å². The SMILES string of the molecule is Cc1cc2nc3ccc(N(C)C)cc3sc-2cc1=N.[Cl-]. The summed E-state index contributed by atoms with van der Waals surface area (Å²) in [4.78, 5) is 7.84. The van der Waals surface area contributed by atoms with Crippen molar-refractivity contribution in [2.24, 2.45) is 0 Å². The van der Waals surface area contributed by atoms with E-state index in [1.807, 2.05) is 33.2 Å². The molecule has 0 spiro atoms. The average Bonchev–Trinajstić information content (AvgIpc) is 2.37. The Bertz CT molecular complexity index is 795. The molecule has 1 aromatic carbocycles. The lowest BCUT2D eigenvalue weighted by molar-refractivity contribution is -0.00000410. The molecule has 0 saturated heterocycles. The number of aryl methyl sites for hydroxylation is 1. The first-order valence-corrected chi connectivity index (χ1v) is 6.93. The number of aromatic nitrogens is 1. The second-order valence-corrected chi connectivity index (χ2v) is 5.98. The molecule has 5 heteroatoms. The molecule has 0 amide bonds. The minimum Gasteiger partial charge on any atom is -1.00 e. The summed E-state index contributed by atoms with van der Waals surface area (Å²) in [6.07, 6.45) is 0. The summed E-state index contributed by atoms with van der Waals surface area (Å²) in [5.41, 5.74) is 4.13. The number of nitrogens with one attached hydrogen (secondary N) is 1. The third-order valence-electron chi connectivity index (χ3n) is 3.23. The van der Waals surface area contributed by atoms with Crippen LogP contribution in [0.2, 0.25) is 0 Å². The molecule has 20 heavy (non-hydrogen) atoms. The molecular formula is C15H15ClN3S-. The first-order valence-electron chi connectivity index (χ1n) is 6.12. The second-order valence-electron chi connectivity index (χ2n) is 4.90. The summed E-state index contributed by atoms with van der Waals surface area (Å²) in [5, 5.41) is 8.47. The van der Waals surface area contributed by atoms with E-state index in [0.717, 1.165) is 26.4 Å². The number of halogens is 1. The molecule has 0 fully saturated rings. The van der Waals surface area contributed by atoms with E-state index in [9.17, 15) is 0 Å². The third kappa shape index (κ3) is 2.49. The Kier molecular flexibility index (Phi) is 3.97. The summed E-state index contributed by atoms with van der Waals surface area (Å²) in [6, 6.07) is 10.2. The standard InChI is InChI=1S/C15H15N3S.ClH/c1-9-6-13-15(8-11(9)16)19-14-7-10(18(2)3)4-5-12(14)17-13;/h4-8,16H,1-3H3;1H/p-1. The molecule has 3 nitrogen and oxygen atoms in total. The predicted molar refractivity (Wildman–Crippen MR) is 81.2 cm³/mol. The summed E-state index contributed by atoms with van der Waals surface area (Å²) >= 11 is 1.70. The fourth-order valence-corrected chi connectivity index (χ4v) is 3.07. The van der Waals surface area contributed by atoms with E-state index in [1.165, 1.54) is 5.69 Å².